The van der Waals surface area contributed by atoms with Crippen molar-refractivity contribution in [3.05, 3.63) is 35.2 Å². The summed E-state index contributed by atoms with van der Waals surface area (Å²) in [5, 5.41) is 7.87. The number of hydrogen-bond acceptors (Lipinski definition) is 6. The quantitative estimate of drug-likeness (QED) is 0.687. The molecule has 0 fully saturated rings. The minimum Gasteiger partial charge on any atom is -0.426 e. The number of esters is 1. The van der Waals surface area contributed by atoms with Gasteiger partial charge in [-0.25, -0.2) is 0 Å². The van der Waals surface area contributed by atoms with Crippen LogP contribution in [-0.4, -0.2) is 22.1 Å². The fraction of sp³-hybridized carbons (Fsp3) is 0.231. The fourth-order valence-electron chi connectivity index (χ4n) is 1.61. The lowest BCUT2D eigenvalue weighted by molar-refractivity contribution is -0.156. The van der Waals surface area contributed by atoms with E-state index in [1.54, 1.807) is 13.0 Å². The highest BCUT2D eigenvalue weighted by atomic mass is 19.4. The zero-order valence-corrected chi connectivity index (χ0v) is 11.9. The molecule has 7 nitrogen and oxygen atoms in total. The molecule has 0 spiro atoms. The molecule has 1 aromatic carbocycles. The standard InChI is InChI=1S/C13H10F3N3O4/c1-6-3-4-8(9(5-6)22-7(2)20)10(21)17-12-19-18-11(23-12)13(14,15)16/h3-5H,1-2H3,(H,17,19,21). The summed E-state index contributed by atoms with van der Waals surface area (Å²) in [5.74, 6) is -3.14. The van der Waals surface area contributed by atoms with Crippen LogP contribution in [-0.2, 0) is 11.0 Å². The highest BCUT2D eigenvalue weighted by Gasteiger charge is 2.38. The molecule has 2 rings (SSSR count). The van der Waals surface area contributed by atoms with Crippen molar-refractivity contribution < 1.29 is 31.9 Å². The Labute approximate surface area is 127 Å². The van der Waals surface area contributed by atoms with Gasteiger partial charge in [0.1, 0.15) is 5.75 Å². The van der Waals surface area contributed by atoms with E-state index in [4.69, 9.17) is 4.74 Å². The molecule has 0 bridgehead atoms. The van der Waals surface area contributed by atoms with E-state index in [2.05, 4.69) is 14.6 Å². The van der Waals surface area contributed by atoms with Crippen LogP contribution in [0.3, 0.4) is 0 Å². The molecule has 1 aromatic heterocycles. The second kappa shape index (κ2) is 6.07. The molecular weight excluding hydrogens is 319 g/mol. The van der Waals surface area contributed by atoms with E-state index >= 15 is 0 Å². The van der Waals surface area contributed by atoms with E-state index in [1.807, 2.05) is 5.32 Å². The van der Waals surface area contributed by atoms with Crippen molar-refractivity contribution >= 4 is 17.9 Å². The van der Waals surface area contributed by atoms with E-state index < -0.39 is 30.0 Å². The Hall–Kier alpha value is -2.91. The van der Waals surface area contributed by atoms with Gasteiger partial charge in [0.05, 0.1) is 5.56 Å². The average Bonchev–Trinajstić information content (AvgIpc) is 2.86. The van der Waals surface area contributed by atoms with Crippen LogP contribution < -0.4 is 10.1 Å². The Bertz CT molecular complexity index is 755. The summed E-state index contributed by atoms with van der Waals surface area (Å²) < 4.78 is 46.2. The molecule has 0 aliphatic carbocycles. The lowest BCUT2D eigenvalue weighted by Gasteiger charge is -2.08. The molecule has 0 unspecified atom stereocenters. The van der Waals surface area contributed by atoms with Crippen LogP contribution in [0.4, 0.5) is 19.2 Å². The van der Waals surface area contributed by atoms with Crippen LogP contribution in [0.25, 0.3) is 0 Å². The molecule has 2 aromatic rings. The summed E-state index contributed by atoms with van der Waals surface area (Å²) in [6.07, 6.45) is -4.82. The maximum Gasteiger partial charge on any atom is 0.470 e. The van der Waals surface area contributed by atoms with Gasteiger partial charge in [-0.1, -0.05) is 11.2 Å². The van der Waals surface area contributed by atoms with Crippen molar-refractivity contribution in [2.45, 2.75) is 20.0 Å². The van der Waals surface area contributed by atoms with Gasteiger partial charge in [0.25, 0.3) is 5.91 Å². The van der Waals surface area contributed by atoms with Gasteiger partial charge in [0.15, 0.2) is 0 Å². The first kappa shape index (κ1) is 16.5. The number of hydrogen-bond donors (Lipinski definition) is 1. The minimum absolute atomic E-state index is 0.0365. The van der Waals surface area contributed by atoms with Gasteiger partial charge in [-0.2, -0.15) is 13.2 Å². The highest BCUT2D eigenvalue weighted by Crippen LogP contribution is 2.29. The number of anilines is 1. The van der Waals surface area contributed by atoms with E-state index in [0.717, 1.165) is 12.5 Å². The summed E-state index contributed by atoms with van der Waals surface area (Å²) in [5.41, 5.74) is 0.646. The number of ether oxygens (including phenoxy) is 1. The zero-order valence-electron chi connectivity index (χ0n) is 11.9. The van der Waals surface area contributed by atoms with Crippen LogP contribution in [0.5, 0.6) is 5.75 Å². The topological polar surface area (TPSA) is 94.3 Å². The smallest absolute Gasteiger partial charge is 0.426 e. The van der Waals surface area contributed by atoms with Gasteiger partial charge in [0.2, 0.25) is 0 Å². The Kier molecular flexibility index (Phi) is 4.34. The van der Waals surface area contributed by atoms with Gasteiger partial charge in [-0.3, -0.25) is 14.9 Å². The second-order valence-corrected chi connectivity index (χ2v) is 4.46. The maximum atomic E-state index is 12.3. The Morgan fingerprint density at radius 2 is 1.96 bits per heavy atom. The lowest BCUT2D eigenvalue weighted by Crippen LogP contribution is -2.15. The number of carbonyl (C=O) groups excluding carboxylic acids is 2. The normalized spacial score (nSPS) is 11.2. The number of benzene rings is 1. The number of nitrogens with one attached hydrogen (secondary N) is 1. The zero-order chi connectivity index (χ0) is 17.2. The molecule has 0 saturated heterocycles. The molecule has 0 aliphatic heterocycles. The third-order valence-corrected chi connectivity index (χ3v) is 2.52. The number of halogens is 3. The minimum atomic E-state index is -4.82. The Morgan fingerprint density at radius 3 is 2.52 bits per heavy atom. The van der Waals surface area contributed by atoms with E-state index in [9.17, 15) is 22.8 Å². The predicted octanol–water partition coefficient (Wildman–Crippen LogP) is 2.57. The number of carbonyl (C=O) groups is 2. The monoisotopic (exact) mass is 329 g/mol. The van der Waals surface area contributed by atoms with Crippen molar-refractivity contribution in [3.8, 4) is 5.75 Å². The van der Waals surface area contributed by atoms with Crippen molar-refractivity contribution in [1.29, 1.82) is 0 Å². The third-order valence-electron chi connectivity index (χ3n) is 2.52. The van der Waals surface area contributed by atoms with E-state index in [0.29, 0.717) is 0 Å². The van der Waals surface area contributed by atoms with Crippen molar-refractivity contribution in [2.75, 3.05) is 5.32 Å². The third kappa shape index (κ3) is 4.05. The maximum absolute atomic E-state index is 12.3. The molecule has 0 aliphatic rings. The molecule has 1 amide bonds. The number of aromatic nitrogens is 2. The highest BCUT2D eigenvalue weighted by molar-refractivity contribution is 6.05. The van der Waals surface area contributed by atoms with Gasteiger partial charge >= 0.3 is 24.1 Å². The lowest BCUT2D eigenvalue weighted by atomic mass is 10.1. The number of nitrogens with zero attached hydrogens (tertiary/aromatic N) is 2. The summed E-state index contributed by atoms with van der Waals surface area (Å²) >= 11 is 0. The summed E-state index contributed by atoms with van der Waals surface area (Å²) in [6.45, 7) is 2.86. The summed E-state index contributed by atoms with van der Waals surface area (Å²) in [7, 11) is 0. The van der Waals surface area contributed by atoms with Gasteiger partial charge in [0, 0.05) is 6.92 Å². The van der Waals surface area contributed by atoms with Crippen LogP contribution in [0, 0.1) is 6.92 Å². The van der Waals surface area contributed by atoms with Crippen molar-refractivity contribution in [3.63, 3.8) is 0 Å². The average molecular weight is 329 g/mol. The first-order valence-electron chi connectivity index (χ1n) is 6.18. The van der Waals surface area contributed by atoms with Gasteiger partial charge in [-0.05, 0) is 24.6 Å². The molecule has 122 valence electrons. The Balaban J connectivity index is 2.24. The van der Waals surface area contributed by atoms with Crippen molar-refractivity contribution in [1.82, 2.24) is 10.2 Å². The fourth-order valence-corrected chi connectivity index (χ4v) is 1.61. The molecule has 0 saturated carbocycles. The van der Waals surface area contributed by atoms with E-state index in [1.165, 1.54) is 12.1 Å². The predicted molar refractivity (Wildman–Crippen MR) is 69.7 cm³/mol. The molecule has 1 N–H and O–H groups in total. The van der Waals surface area contributed by atoms with Crippen LogP contribution in [0.1, 0.15) is 28.7 Å². The molecule has 0 atom stereocenters. The molecule has 10 heteroatoms. The van der Waals surface area contributed by atoms with Crippen LogP contribution in [0.15, 0.2) is 22.6 Å². The first-order chi connectivity index (χ1) is 10.7. The number of rotatable bonds is 3. The molecule has 0 radical (unpaired) electrons. The van der Waals surface area contributed by atoms with Gasteiger partial charge < -0.3 is 9.15 Å². The van der Waals surface area contributed by atoms with Gasteiger partial charge in [-0.15, -0.1) is 5.10 Å². The number of amides is 1. The molecule has 1 heterocycles. The van der Waals surface area contributed by atoms with Crippen molar-refractivity contribution in [2.24, 2.45) is 0 Å². The number of alkyl halides is 3. The van der Waals surface area contributed by atoms with Crippen LogP contribution >= 0.6 is 0 Å². The first-order valence-corrected chi connectivity index (χ1v) is 6.18. The SMILES string of the molecule is CC(=O)Oc1cc(C)ccc1C(=O)Nc1nnc(C(F)(F)F)o1. The number of aryl methyl sites for hydroxylation is 1. The second-order valence-electron chi connectivity index (χ2n) is 4.46. The largest absolute Gasteiger partial charge is 0.470 e. The van der Waals surface area contributed by atoms with Crippen LogP contribution in [0.2, 0.25) is 0 Å². The molecule has 23 heavy (non-hydrogen) atoms. The molecular formula is C13H10F3N3O4. The van der Waals surface area contributed by atoms with E-state index in [-0.39, 0.29) is 11.3 Å². The Morgan fingerprint density at radius 1 is 1.26 bits per heavy atom. The summed E-state index contributed by atoms with van der Waals surface area (Å²) in [4.78, 5) is 23.1. The summed E-state index contributed by atoms with van der Waals surface area (Å²) in [6, 6.07) is 3.63.